The maximum absolute atomic E-state index is 12.8. The van der Waals surface area contributed by atoms with Crippen LogP contribution in [0.1, 0.15) is 36.8 Å². The third kappa shape index (κ3) is 3.17. The summed E-state index contributed by atoms with van der Waals surface area (Å²) in [6, 6.07) is 6.34. The van der Waals surface area contributed by atoms with Crippen LogP contribution in [0.3, 0.4) is 0 Å². The number of benzene rings is 1. The van der Waals surface area contributed by atoms with Gasteiger partial charge in [-0.1, -0.05) is 6.07 Å². The zero-order chi connectivity index (χ0) is 17.4. The molecule has 2 fully saturated rings. The highest BCUT2D eigenvalue weighted by atomic mass is 16.5. The summed E-state index contributed by atoms with van der Waals surface area (Å²) in [5.74, 6) is -0.00510. The molecule has 5 nitrogen and oxygen atoms in total. The molecule has 25 heavy (non-hydrogen) atoms. The van der Waals surface area contributed by atoms with Gasteiger partial charge in [0, 0.05) is 38.9 Å². The van der Waals surface area contributed by atoms with E-state index >= 15 is 0 Å². The van der Waals surface area contributed by atoms with Crippen molar-refractivity contribution in [3.8, 4) is 0 Å². The largest absolute Gasteiger partial charge is 0.381 e. The molecule has 1 aromatic carbocycles. The quantitative estimate of drug-likeness (QED) is 0.846. The molecule has 0 aromatic heterocycles. The number of fused-ring (bicyclic) bond motifs is 1. The second-order valence-electron chi connectivity index (χ2n) is 7.47. The van der Waals surface area contributed by atoms with Crippen LogP contribution in [-0.4, -0.2) is 49.6 Å². The van der Waals surface area contributed by atoms with Crippen molar-refractivity contribution in [2.45, 2.75) is 44.6 Å². The van der Waals surface area contributed by atoms with Crippen molar-refractivity contribution >= 4 is 17.5 Å². The van der Waals surface area contributed by atoms with E-state index in [1.54, 1.807) is 7.11 Å². The first kappa shape index (κ1) is 16.6. The van der Waals surface area contributed by atoms with Gasteiger partial charge in [0.05, 0.1) is 12.0 Å². The Morgan fingerprint density at radius 3 is 2.68 bits per heavy atom. The summed E-state index contributed by atoms with van der Waals surface area (Å²) in [6.45, 7) is 1.99. The molecule has 1 atom stereocenters. The SMILES string of the molecule is COC1CCN(C(=O)C2CC(=O)N(c3ccc4c(c3)CCC4)C2)CC1. The van der Waals surface area contributed by atoms with Crippen molar-refractivity contribution in [2.24, 2.45) is 5.92 Å². The van der Waals surface area contributed by atoms with Gasteiger partial charge in [-0.25, -0.2) is 0 Å². The summed E-state index contributed by atoms with van der Waals surface area (Å²) in [5.41, 5.74) is 3.73. The summed E-state index contributed by atoms with van der Waals surface area (Å²) in [4.78, 5) is 29.0. The Bertz CT molecular complexity index is 680. The lowest BCUT2D eigenvalue weighted by atomic mass is 10.0. The van der Waals surface area contributed by atoms with Crippen LogP contribution >= 0.6 is 0 Å². The summed E-state index contributed by atoms with van der Waals surface area (Å²) in [6.07, 6.45) is 5.81. The number of methoxy groups -OCH3 is 1. The molecule has 0 saturated carbocycles. The van der Waals surface area contributed by atoms with Crippen LogP contribution in [0.4, 0.5) is 5.69 Å². The molecule has 5 heteroatoms. The fourth-order valence-electron chi connectivity index (χ4n) is 4.42. The smallest absolute Gasteiger partial charge is 0.228 e. The van der Waals surface area contributed by atoms with Crippen molar-refractivity contribution in [2.75, 3.05) is 31.6 Å². The van der Waals surface area contributed by atoms with E-state index in [2.05, 4.69) is 12.1 Å². The van der Waals surface area contributed by atoms with Crippen molar-refractivity contribution < 1.29 is 14.3 Å². The number of piperidine rings is 1. The van der Waals surface area contributed by atoms with Crippen LogP contribution < -0.4 is 4.90 Å². The highest BCUT2D eigenvalue weighted by Crippen LogP contribution is 2.31. The van der Waals surface area contributed by atoms with Crippen LogP contribution in [0.25, 0.3) is 0 Å². The molecule has 1 aliphatic carbocycles. The zero-order valence-electron chi connectivity index (χ0n) is 14.9. The second kappa shape index (κ2) is 6.79. The lowest BCUT2D eigenvalue weighted by Crippen LogP contribution is -2.44. The molecule has 1 unspecified atom stereocenters. The predicted octanol–water partition coefficient (Wildman–Crippen LogP) is 2.17. The molecule has 0 spiro atoms. The fraction of sp³-hybridized carbons (Fsp3) is 0.600. The number of carbonyl (C=O) groups is 2. The van der Waals surface area contributed by atoms with E-state index in [4.69, 9.17) is 4.74 Å². The van der Waals surface area contributed by atoms with E-state index in [1.165, 1.54) is 17.5 Å². The molecule has 2 saturated heterocycles. The number of nitrogens with zero attached hydrogens (tertiary/aromatic N) is 2. The summed E-state index contributed by atoms with van der Waals surface area (Å²) < 4.78 is 5.37. The third-order valence-corrected chi connectivity index (χ3v) is 5.96. The highest BCUT2D eigenvalue weighted by Gasteiger charge is 2.38. The van der Waals surface area contributed by atoms with Gasteiger partial charge in [0.25, 0.3) is 0 Å². The summed E-state index contributed by atoms with van der Waals surface area (Å²) in [5, 5.41) is 0. The Labute approximate surface area is 148 Å². The molecule has 2 heterocycles. The van der Waals surface area contributed by atoms with Crippen LogP contribution in [-0.2, 0) is 27.2 Å². The van der Waals surface area contributed by atoms with Crippen LogP contribution in [0, 0.1) is 5.92 Å². The first-order valence-corrected chi connectivity index (χ1v) is 9.39. The molecule has 3 aliphatic rings. The number of anilines is 1. The molecular formula is C20H26N2O3. The Morgan fingerprint density at radius 1 is 1.16 bits per heavy atom. The number of hydrogen-bond acceptors (Lipinski definition) is 3. The molecular weight excluding hydrogens is 316 g/mol. The van der Waals surface area contributed by atoms with Gasteiger partial charge in [0.1, 0.15) is 0 Å². The Kier molecular flexibility index (Phi) is 4.50. The summed E-state index contributed by atoms with van der Waals surface area (Å²) >= 11 is 0. The molecule has 134 valence electrons. The predicted molar refractivity (Wildman–Crippen MR) is 95.5 cm³/mol. The number of ether oxygens (including phenoxy) is 1. The monoisotopic (exact) mass is 342 g/mol. The van der Waals surface area contributed by atoms with Gasteiger partial charge in [-0.05, 0) is 55.4 Å². The van der Waals surface area contributed by atoms with Crippen molar-refractivity contribution in [1.29, 1.82) is 0 Å². The standard InChI is InChI=1S/C20H26N2O3/c1-25-18-7-9-21(10-8-18)20(24)16-12-19(23)22(13-16)17-6-5-14-3-2-4-15(14)11-17/h5-6,11,16,18H,2-4,7-10,12-13H2,1H3. The minimum absolute atomic E-state index is 0.0723. The molecule has 0 N–H and O–H groups in total. The zero-order valence-corrected chi connectivity index (χ0v) is 14.9. The van der Waals surface area contributed by atoms with E-state index in [0.717, 1.165) is 44.5 Å². The number of likely N-dealkylation sites (tertiary alicyclic amines) is 1. The normalized spacial score (nSPS) is 24.0. The Morgan fingerprint density at radius 2 is 1.92 bits per heavy atom. The van der Waals surface area contributed by atoms with Gasteiger partial charge in [-0.2, -0.15) is 0 Å². The van der Waals surface area contributed by atoms with E-state index in [9.17, 15) is 9.59 Å². The maximum Gasteiger partial charge on any atom is 0.228 e. The number of carbonyl (C=O) groups excluding carboxylic acids is 2. The van der Waals surface area contributed by atoms with Gasteiger partial charge >= 0.3 is 0 Å². The van der Waals surface area contributed by atoms with Crippen LogP contribution in [0.5, 0.6) is 0 Å². The van der Waals surface area contributed by atoms with Gasteiger partial charge in [0.2, 0.25) is 11.8 Å². The summed E-state index contributed by atoms with van der Waals surface area (Å²) in [7, 11) is 1.73. The number of rotatable bonds is 3. The van der Waals surface area contributed by atoms with Crippen molar-refractivity contribution in [3.05, 3.63) is 29.3 Å². The third-order valence-electron chi connectivity index (χ3n) is 5.96. The molecule has 0 radical (unpaired) electrons. The van der Waals surface area contributed by atoms with Gasteiger partial charge in [-0.15, -0.1) is 0 Å². The van der Waals surface area contributed by atoms with E-state index in [1.807, 2.05) is 15.9 Å². The molecule has 2 aliphatic heterocycles. The Balaban J connectivity index is 1.43. The molecule has 2 amide bonds. The number of aryl methyl sites for hydroxylation is 2. The number of amides is 2. The topological polar surface area (TPSA) is 49.9 Å². The average Bonchev–Trinajstić information content (AvgIpc) is 3.26. The van der Waals surface area contributed by atoms with Crippen LogP contribution in [0.15, 0.2) is 18.2 Å². The Hall–Kier alpha value is -1.88. The van der Waals surface area contributed by atoms with Crippen LogP contribution in [0.2, 0.25) is 0 Å². The lowest BCUT2D eigenvalue weighted by molar-refractivity contribution is -0.138. The fourth-order valence-corrected chi connectivity index (χ4v) is 4.42. The van der Waals surface area contributed by atoms with Crippen molar-refractivity contribution in [1.82, 2.24) is 4.90 Å². The van der Waals surface area contributed by atoms with Crippen molar-refractivity contribution in [3.63, 3.8) is 0 Å². The molecule has 0 bridgehead atoms. The van der Waals surface area contributed by atoms with E-state index < -0.39 is 0 Å². The highest BCUT2D eigenvalue weighted by molar-refractivity contribution is 6.00. The minimum atomic E-state index is -0.208. The van der Waals surface area contributed by atoms with E-state index in [-0.39, 0.29) is 23.8 Å². The van der Waals surface area contributed by atoms with Gasteiger partial charge in [-0.3, -0.25) is 9.59 Å². The van der Waals surface area contributed by atoms with Gasteiger partial charge in [0.15, 0.2) is 0 Å². The maximum atomic E-state index is 12.8. The van der Waals surface area contributed by atoms with Gasteiger partial charge < -0.3 is 14.5 Å². The molecule has 4 rings (SSSR count). The average molecular weight is 342 g/mol. The second-order valence-corrected chi connectivity index (χ2v) is 7.47. The molecule has 1 aromatic rings. The lowest BCUT2D eigenvalue weighted by Gasteiger charge is -2.32. The first-order chi connectivity index (χ1) is 12.2. The number of hydrogen-bond donors (Lipinski definition) is 0. The minimum Gasteiger partial charge on any atom is -0.381 e. The van der Waals surface area contributed by atoms with E-state index in [0.29, 0.717) is 13.0 Å². The first-order valence-electron chi connectivity index (χ1n) is 9.39.